The van der Waals surface area contributed by atoms with Gasteiger partial charge in [-0.2, -0.15) is 0 Å². The largest absolute Gasteiger partial charge is 0.369 e. The number of carbonyl (C=O) groups is 1. The van der Waals surface area contributed by atoms with Crippen molar-refractivity contribution in [2.45, 2.75) is 25.4 Å². The monoisotopic (exact) mass is 384 g/mol. The number of benzene rings is 1. The van der Waals surface area contributed by atoms with E-state index in [0.717, 1.165) is 42.3 Å². The van der Waals surface area contributed by atoms with E-state index in [1.54, 1.807) is 12.1 Å². The van der Waals surface area contributed by atoms with Crippen LogP contribution in [0.15, 0.2) is 30.6 Å². The zero-order valence-electron chi connectivity index (χ0n) is 16.0. The van der Waals surface area contributed by atoms with Crippen LogP contribution in [0.25, 0.3) is 0 Å². The van der Waals surface area contributed by atoms with Crippen LogP contribution in [0.4, 0.5) is 16.0 Å². The number of hydrogen-bond acceptors (Lipinski definition) is 6. The molecule has 0 bridgehead atoms. The van der Waals surface area contributed by atoms with Gasteiger partial charge in [-0.25, -0.2) is 14.4 Å². The maximum absolute atomic E-state index is 13.4. The number of aromatic nitrogens is 2. The molecule has 0 spiro atoms. The van der Waals surface area contributed by atoms with Crippen molar-refractivity contribution in [3.8, 4) is 0 Å². The van der Waals surface area contributed by atoms with Gasteiger partial charge in [0.2, 0.25) is 5.91 Å². The molecule has 0 radical (unpaired) electrons. The fraction of sp³-hybridized carbons (Fsp3) is 0.450. The van der Waals surface area contributed by atoms with E-state index in [1.807, 2.05) is 22.9 Å². The van der Waals surface area contributed by atoms with Gasteiger partial charge in [0.05, 0.1) is 18.7 Å². The molecule has 1 saturated heterocycles. The SMILES string of the molecule is CN1CC(=O)N(C2CCNC2)Cc2c(NCCc3cccc(F)c3)ncnc21. The highest BCUT2D eigenvalue weighted by molar-refractivity contribution is 5.84. The van der Waals surface area contributed by atoms with Crippen molar-refractivity contribution in [2.75, 3.05) is 43.4 Å². The van der Waals surface area contributed by atoms with Crippen LogP contribution < -0.4 is 15.5 Å². The van der Waals surface area contributed by atoms with Crippen LogP contribution in [-0.4, -0.2) is 60.0 Å². The molecule has 7 nitrogen and oxygen atoms in total. The van der Waals surface area contributed by atoms with Crippen molar-refractivity contribution in [2.24, 2.45) is 0 Å². The minimum atomic E-state index is -0.227. The van der Waals surface area contributed by atoms with Crippen LogP contribution in [0.3, 0.4) is 0 Å². The van der Waals surface area contributed by atoms with Gasteiger partial charge in [-0.3, -0.25) is 4.79 Å². The molecule has 2 aliphatic rings. The molecule has 1 atom stereocenters. The Morgan fingerprint density at radius 2 is 2.21 bits per heavy atom. The van der Waals surface area contributed by atoms with Crippen LogP contribution >= 0.6 is 0 Å². The second kappa shape index (κ2) is 8.10. The average molecular weight is 384 g/mol. The third-order valence-corrected chi connectivity index (χ3v) is 5.38. The lowest BCUT2D eigenvalue weighted by Gasteiger charge is -2.27. The Morgan fingerprint density at radius 3 is 3.00 bits per heavy atom. The molecule has 1 aromatic heterocycles. The molecule has 4 rings (SSSR count). The Balaban J connectivity index is 1.53. The van der Waals surface area contributed by atoms with Gasteiger partial charge in [0.25, 0.3) is 0 Å². The quantitative estimate of drug-likeness (QED) is 0.812. The molecule has 1 unspecified atom stereocenters. The summed E-state index contributed by atoms with van der Waals surface area (Å²) in [6, 6.07) is 6.82. The first-order valence-corrected chi connectivity index (χ1v) is 9.65. The summed E-state index contributed by atoms with van der Waals surface area (Å²) < 4.78 is 13.4. The first kappa shape index (κ1) is 18.6. The van der Waals surface area contributed by atoms with Crippen LogP contribution in [0.1, 0.15) is 17.5 Å². The van der Waals surface area contributed by atoms with E-state index in [-0.39, 0.29) is 17.8 Å². The third-order valence-electron chi connectivity index (χ3n) is 5.38. The summed E-state index contributed by atoms with van der Waals surface area (Å²) >= 11 is 0. The Kier molecular flexibility index (Phi) is 5.38. The van der Waals surface area contributed by atoms with Crippen LogP contribution in [0, 0.1) is 5.82 Å². The summed E-state index contributed by atoms with van der Waals surface area (Å²) in [6.07, 6.45) is 3.17. The van der Waals surface area contributed by atoms with Gasteiger partial charge in [0, 0.05) is 26.2 Å². The fourth-order valence-electron chi connectivity index (χ4n) is 3.91. The number of anilines is 2. The maximum Gasteiger partial charge on any atom is 0.242 e. The first-order chi connectivity index (χ1) is 13.6. The summed E-state index contributed by atoms with van der Waals surface area (Å²) in [5, 5.41) is 6.69. The highest BCUT2D eigenvalue weighted by atomic mass is 19.1. The Morgan fingerprint density at radius 1 is 1.32 bits per heavy atom. The number of fused-ring (bicyclic) bond motifs is 1. The van der Waals surface area contributed by atoms with Gasteiger partial charge in [0.15, 0.2) is 0 Å². The Bertz CT molecular complexity index is 854. The van der Waals surface area contributed by atoms with Crippen molar-refractivity contribution in [3.05, 3.63) is 47.5 Å². The van der Waals surface area contributed by atoms with E-state index >= 15 is 0 Å². The highest BCUT2D eigenvalue weighted by Gasteiger charge is 2.32. The molecule has 1 aromatic carbocycles. The zero-order valence-corrected chi connectivity index (χ0v) is 16.0. The van der Waals surface area contributed by atoms with Crippen molar-refractivity contribution < 1.29 is 9.18 Å². The summed E-state index contributed by atoms with van der Waals surface area (Å²) in [4.78, 5) is 25.5. The molecule has 3 heterocycles. The number of nitrogens with zero attached hydrogens (tertiary/aromatic N) is 4. The van der Waals surface area contributed by atoms with E-state index in [4.69, 9.17) is 0 Å². The first-order valence-electron chi connectivity index (χ1n) is 9.65. The van der Waals surface area contributed by atoms with Crippen LogP contribution in [-0.2, 0) is 17.8 Å². The number of nitrogens with one attached hydrogen (secondary N) is 2. The minimum absolute atomic E-state index is 0.111. The maximum atomic E-state index is 13.4. The topological polar surface area (TPSA) is 73.4 Å². The lowest BCUT2D eigenvalue weighted by Crippen LogP contribution is -2.43. The number of likely N-dealkylation sites (N-methyl/N-ethyl adjacent to an activating group) is 1. The van der Waals surface area contributed by atoms with Gasteiger partial charge in [-0.05, 0) is 37.1 Å². The highest BCUT2D eigenvalue weighted by Crippen LogP contribution is 2.29. The molecular formula is C20H25FN6O. The molecule has 2 aromatic rings. The lowest BCUT2D eigenvalue weighted by molar-refractivity contribution is -0.132. The van der Waals surface area contributed by atoms with Crippen molar-refractivity contribution in [3.63, 3.8) is 0 Å². The lowest BCUT2D eigenvalue weighted by atomic mass is 10.1. The number of carbonyl (C=O) groups excluding carboxylic acids is 1. The van der Waals surface area contributed by atoms with Gasteiger partial charge in [0.1, 0.15) is 23.8 Å². The van der Waals surface area contributed by atoms with Crippen molar-refractivity contribution in [1.29, 1.82) is 0 Å². The van der Waals surface area contributed by atoms with E-state index in [0.29, 0.717) is 26.1 Å². The molecule has 2 aliphatic heterocycles. The van der Waals surface area contributed by atoms with Crippen LogP contribution in [0.2, 0.25) is 0 Å². The molecular weight excluding hydrogens is 359 g/mol. The second-order valence-corrected chi connectivity index (χ2v) is 7.36. The summed E-state index contributed by atoms with van der Waals surface area (Å²) in [7, 11) is 1.89. The Hall–Kier alpha value is -2.74. The summed E-state index contributed by atoms with van der Waals surface area (Å²) in [5.41, 5.74) is 1.86. The van der Waals surface area contributed by atoms with E-state index < -0.39 is 0 Å². The minimum Gasteiger partial charge on any atom is -0.369 e. The number of halogens is 1. The number of amides is 1. The predicted molar refractivity (Wildman–Crippen MR) is 106 cm³/mol. The molecule has 8 heteroatoms. The second-order valence-electron chi connectivity index (χ2n) is 7.36. The molecule has 2 N–H and O–H groups in total. The predicted octanol–water partition coefficient (Wildman–Crippen LogP) is 1.41. The smallest absolute Gasteiger partial charge is 0.242 e. The molecule has 1 amide bonds. The van der Waals surface area contributed by atoms with E-state index in [1.165, 1.54) is 12.4 Å². The zero-order chi connectivity index (χ0) is 19.5. The summed E-state index contributed by atoms with van der Waals surface area (Å²) in [5.74, 6) is 1.40. The molecule has 28 heavy (non-hydrogen) atoms. The standard InChI is InChI=1S/C20H25FN6O/c1-26-12-18(28)27(16-6-7-22-10-16)11-17-19(24-13-25-20(17)26)23-8-5-14-3-2-4-15(21)9-14/h2-4,9,13,16,22H,5-8,10-12H2,1H3,(H,23,24,25). The summed E-state index contributed by atoms with van der Waals surface area (Å²) in [6.45, 7) is 3.18. The molecule has 0 aliphatic carbocycles. The number of hydrogen-bond donors (Lipinski definition) is 2. The van der Waals surface area contributed by atoms with Gasteiger partial charge in [-0.15, -0.1) is 0 Å². The van der Waals surface area contributed by atoms with Crippen LogP contribution in [0.5, 0.6) is 0 Å². The molecule has 1 fully saturated rings. The number of rotatable bonds is 5. The molecule has 0 saturated carbocycles. The van der Waals surface area contributed by atoms with Gasteiger partial charge >= 0.3 is 0 Å². The fourth-order valence-corrected chi connectivity index (χ4v) is 3.91. The Labute approximate surface area is 164 Å². The van der Waals surface area contributed by atoms with Gasteiger partial charge < -0.3 is 20.4 Å². The van der Waals surface area contributed by atoms with Gasteiger partial charge in [-0.1, -0.05) is 12.1 Å². The van der Waals surface area contributed by atoms with E-state index in [9.17, 15) is 9.18 Å². The third kappa shape index (κ3) is 3.91. The normalized spacial score (nSPS) is 19.5. The average Bonchev–Trinajstić information content (AvgIpc) is 3.16. The van der Waals surface area contributed by atoms with Crippen molar-refractivity contribution >= 4 is 17.5 Å². The van der Waals surface area contributed by atoms with Crippen molar-refractivity contribution in [1.82, 2.24) is 20.2 Å². The molecule has 148 valence electrons. The van der Waals surface area contributed by atoms with E-state index in [2.05, 4.69) is 20.6 Å².